The average Bonchev–Trinajstić information content (AvgIpc) is 2.37. The Morgan fingerprint density at radius 1 is 1.55 bits per heavy atom. The Balaban J connectivity index is 2.14. The molecule has 104 valence electrons. The number of hydrogen-bond donors (Lipinski definition) is 2. The van der Waals surface area contributed by atoms with Crippen molar-refractivity contribution in [3.8, 4) is 6.07 Å². The zero-order valence-electron chi connectivity index (χ0n) is 10.8. The van der Waals surface area contributed by atoms with Crippen LogP contribution in [0.2, 0.25) is 0 Å². The molecule has 0 unspecified atom stereocenters. The highest BCUT2D eigenvalue weighted by Gasteiger charge is 2.35. The van der Waals surface area contributed by atoms with E-state index in [4.69, 9.17) is 11.0 Å². The molecular formula is C13H14N4O3. The maximum atomic E-state index is 11.9. The number of carbonyl (C=O) groups excluding carboxylic acids is 1. The van der Waals surface area contributed by atoms with Gasteiger partial charge in [0.1, 0.15) is 5.69 Å². The number of amides is 1. The molecule has 20 heavy (non-hydrogen) atoms. The number of benzene rings is 1. The molecule has 0 heterocycles. The molecule has 0 saturated heterocycles. The number of anilines is 1. The fraction of sp³-hybridized carbons (Fsp3) is 0.385. The Hall–Kier alpha value is -2.46. The SMILES string of the molecule is N#Cc1ccc(NC(=O)CC2(N)CCC2)c([N+](=O)[O-])c1. The lowest BCUT2D eigenvalue weighted by Gasteiger charge is -2.37. The summed E-state index contributed by atoms with van der Waals surface area (Å²) in [5.41, 5.74) is 5.44. The topological polar surface area (TPSA) is 122 Å². The van der Waals surface area contributed by atoms with Gasteiger partial charge in [-0.1, -0.05) is 0 Å². The van der Waals surface area contributed by atoms with Gasteiger partial charge in [0, 0.05) is 18.0 Å². The summed E-state index contributed by atoms with van der Waals surface area (Å²) in [5, 5.41) is 22.2. The number of nitro benzene ring substituents is 1. The molecule has 0 aromatic heterocycles. The van der Waals surface area contributed by atoms with Crippen LogP contribution in [0.4, 0.5) is 11.4 Å². The summed E-state index contributed by atoms with van der Waals surface area (Å²) in [4.78, 5) is 22.2. The summed E-state index contributed by atoms with van der Waals surface area (Å²) in [6.45, 7) is 0. The second-order valence-corrected chi connectivity index (χ2v) is 5.04. The van der Waals surface area contributed by atoms with Gasteiger partial charge in [0.05, 0.1) is 16.6 Å². The largest absolute Gasteiger partial charge is 0.325 e. The van der Waals surface area contributed by atoms with E-state index >= 15 is 0 Å². The smallest absolute Gasteiger partial charge is 0.294 e. The first-order valence-electron chi connectivity index (χ1n) is 6.21. The first-order valence-corrected chi connectivity index (χ1v) is 6.21. The third-order valence-electron chi connectivity index (χ3n) is 3.46. The number of nitrogens with zero attached hydrogens (tertiary/aromatic N) is 2. The minimum Gasteiger partial charge on any atom is -0.325 e. The highest BCUT2D eigenvalue weighted by molar-refractivity contribution is 5.94. The monoisotopic (exact) mass is 274 g/mol. The minimum absolute atomic E-state index is 0.0851. The second-order valence-electron chi connectivity index (χ2n) is 5.04. The lowest BCUT2D eigenvalue weighted by molar-refractivity contribution is -0.384. The third-order valence-corrected chi connectivity index (χ3v) is 3.46. The van der Waals surface area contributed by atoms with Gasteiger partial charge < -0.3 is 11.1 Å². The second kappa shape index (κ2) is 5.27. The van der Waals surface area contributed by atoms with Crippen molar-refractivity contribution in [2.75, 3.05) is 5.32 Å². The summed E-state index contributed by atoms with van der Waals surface area (Å²) in [6.07, 6.45) is 2.72. The van der Waals surface area contributed by atoms with Crippen molar-refractivity contribution in [2.24, 2.45) is 5.73 Å². The summed E-state index contributed by atoms with van der Waals surface area (Å²) in [6, 6.07) is 5.74. The number of nitrogens with two attached hydrogens (primary N) is 1. The molecule has 0 spiro atoms. The lowest BCUT2D eigenvalue weighted by atomic mass is 9.75. The number of carbonyl (C=O) groups is 1. The summed E-state index contributed by atoms with van der Waals surface area (Å²) >= 11 is 0. The van der Waals surface area contributed by atoms with Crippen LogP contribution in [0.25, 0.3) is 0 Å². The standard InChI is InChI=1S/C13H14N4O3/c14-8-9-2-3-10(11(6-9)17(19)20)16-12(18)7-13(15)4-1-5-13/h2-3,6H,1,4-5,7,15H2,(H,16,18). The lowest BCUT2D eigenvalue weighted by Crippen LogP contribution is -2.48. The van der Waals surface area contributed by atoms with E-state index < -0.39 is 10.5 Å². The van der Waals surface area contributed by atoms with Crippen molar-refractivity contribution in [3.05, 3.63) is 33.9 Å². The zero-order valence-corrected chi connectivity index (χ0v) is 10.8. The predicted octanol–water partition coefficient (Wildman–Crippen LogP) is 1.68. The molecule has 0 aliphatic heterocycles. The Bertz CT molecular complexity index is 602. The van der Waals surface area contributed by atoms with E-state index in [0.29, 0.717) is 0 Å². The molecule has 0 bridgehead atoms. The summed E-state index contributed by atoms with van der Waals surface area (Å²) in [5.74, 6) is -0.347. The van der Waals surface area contributed by atoms with E-state index in [2.05, 4.69) is 5.32 Å². The van der Waals surface area contributed by atoms with E-state index in [1.807, 2.05) is 6.07 Å². The average molecular weight is 274 g/mol. The van der Waals surface area contributed by atoms with Crippen LogP contribution < -0.4 is 11.1 Å². The molecule has 1 aliphatic carbocycles. The Labute approximate surface area is 115 Å². The maximum absolute atomic E-state index is 11.9. The fourth-order valence-corrected chi connectivity index (χ4v) is 2.18. The number of rotatable bonds is 4. The van der Waals surface area contributed by atoms with Gasteiger partial charge in [-0.05, 0) is 31.4 Å². The predicted molar refractivity (Wildman–Crippen MR) is 71.8 cm³/mol. The molecule has 1 aliphatic rings. The van der Waals surface area contributed by atoms with Crippen molar-refractivity contribution < 1.29 is 9.72 Å². The number of nitriles is 1. The van der Waals surface area contributed by atoms with Crippen LogP contribution in [-0.2, 0) is 4.79 Å². The van der Waals surface area contributed by atoms with Crippen LogP contribution >= 0.6 is 0 Å². The summed E-state index contributed by atoms with van der Waals surface area (Å²) < 4.78 is 0. The van der Waals surface area contributed by atoms with E-state index in [9.17, 15) is 14.9 Å². The third kappa shape index (κ3) is 2.92. The van der Waals surface area contributed by atoms with Crippen molar-refractivity contribution in [2.45, 2.75) is 31.2 Å². The zero-order chi connectivity index (χ0) is 14.8. The molecule has 1 aromatic carbocycles. The molecule has 2 rings (SSSR count). The molecule has 1 fully saturated rings. The Morgan fingerprint density at radius 3 is 2.75 bits per heavy atom. The van der Waals surface area contributed by atoms with Crippen molar-refractivity contribution in [1.29, 1.82) is 5.26 Å². The van der Waals surface area contributed by atoms with E-state index in [0.717, 1.165) is 25.3 Å². The van der Waals surface area contributed by atoms with E-state index in [1.54, 1.807) is 0 Å². The maximum Gasteiger partial charge on any atom is 0.294 e. The highest BCUT2D eigenvalue weighted by Crippen LogP contribution is 2.33. The van der Waals surface area contributed by atoms with Gasteiger partial charge in [0.15, 0.2) is 0 Å². The van der Waals surface area contributed by atoms with Crippen LogP contribution in [0.15, 0.2) is 18.2 Å². The normalized spacial score (nSPS) is 15.8. The molecule has 1 aromatic rings. The molecule has 7 heteroatoms. The van der Waals surface area contributed by atoms with Crippen LogP contribution in [0.3, 0.4) is 0 Å². The quantitative estimate of drug-likeness (QED) is 0.638. The van der Waals surface area contributed by atoms with Crippen LogP contribution in [0, 0.1) is 21.4 Å². The van der Waals surface area contributed by atoms with Crippen LogP contribution in [-0.4, -0.2) is 16.4 Å². The molecule has 0 radical (unpaired) electrons. The highest BCUT2D eigenvalue weighted by atomic mass is 16.6. The molecule has 1 amide bonds. The van der Waals surface area contributed by atoms with Crippen molar-refractivity contribution in [1.82, 2.24) is 0 Å². The number of nitro groups is 1. The Morgan fingerprint density at radius 2 is 2.25 bits per heavy atom. The van der Waals surface area contributed by atoms with Crippen molar-refractivity contribution >= 4 is 17.3 Å². The minimum atomic E-state index is -0.627. The van der Waals surface area contributed by atoms with Gasteiger partial charge in [-0.3, -0.25) is 14.9 Å². The molecule has 7 nitrogen and oxygen atoms in total. The van der Waals surface area contributed by atoms with Crippen molar-refractivity contribution in [3.63, 3.8) is 0 Å². The first-order chi connectivity index (χ1) is 9.43. The van der Waals surface area contributed by atoms with Gasteiger partial charge in [0.2, 0.25) is 5.91 Å². The van der Waals surface area contributed by atoms with E-state index in [-0.39, 0.29) is 29.3 Å². The van der Waals surface area contributed by atoms with Gasteiger partial charge in [-0.2, -0.15) is 5.26 Å². The van der Waals surface area contributed by atoms with Gasteiger partial charge in [-0.15, -0.1) is 0 Å². The molecule has 3 N–H and O–H groups in total. The molecular weight excluding hydrogens is 260 g/mol. The van der Waals surface area contributed by atoms with Gasteiger partial charge >= 0.3 is 0 Å². The fourth-order valence-electron chi connectivity index (χ4n) is 2.18. The van der Waals surface area contributed by atoms with Crippen LogP contribution in [0.1, 0.15) is 31.2 Å². The summed E-state index contributed by atoms with van der Waals surface area (Å²) in [7, 11) is 0. The molecule has 1 saturated carbocycles. The van der Waals surface area contributed by atoms with Gasteiger partial charge in [0.25, 0.3) is 5.69 Å². The van der Waals surface area contributed by atoms with E-state index in [1.165, 1.54) is 12.1 Å². The number of hydrogen-bond acceptors (Lipinski definition) is 5. The molecule has 0 atom stereocenters. The van der Waals surface area contributed by atoms with Crippen LogP contribution in [0.5, 0.6) is 0 Å². The van der Waals surface area contributed by atoms with Gasteiger partial charge in [-0.25, -0.2) is 0 Å². The first kappa shape index (κ1) is 14.0. The Kier molecular flexibility index (Phi) is 3.68. The number of nitrogens with one attached hydrogen (secondary N) is 1.